The van der Waals surface area contributed by atoms with Crippen LogP contribution in [0.5, 0.6) is 0 Å². The van der Waals surface area contributed by atoms with E-state index in [1.54, 1.807) is 0 Å². The van der Waals surface area contributed by atoms with Crippen molar-refractivity contribution >= 4 is 5.91 Å². The van der Waals surface area contributed by atoms with Gasteiger partial charge in [-0.25, -0.2) is 0 Å². The number of nitrogens with two attached hydrogens (primary N) is 1. The number of carbonyl (C=O) groups excluding carboxylic acids is 1. The molecule has 2 fully saturated rings. The van der Waals surface area contributed by atoms with Crippen molar-refractivity contribution in [2.45, 2.75) is 64.5 Å². The van der Waals surface area contributed by atoms with Crippen LogP contribution in [0.25, 0.3) is 0 Å². The number of nitrogens with zero attached hydrogens (tertiary/aromatic N) is 1. The average Bonchev–Trinajstić information content (AvgIpc) is 2.29. The fraction of sp³-hybridized carbons (Fsp3) is 0.929. The minimum absolute atomic E-state index is 0.255. The van der Waals surface area contributed by atoms with E-state index in [2.05, 4.69) is 18.7 Å². The Morgan fingerprint density at radius 3 is 2.35 bits per heavy atom. The van der Waals surface area contributed by atoms with Crippen LogP contribution < -0.4 is 5.73 Å². The van der Waals surface area contributed by atoms with E-state index in [1.165, 1.54) is 6.42 Å². The highest BCUT2D eigenvalue weighted by Gasteiger charge is 2.32. The van der Waals surface area contributed by atoms with Gasteiger partial charge in [0, 0.05) is 24.5 Å². The maximum Gasteiger partial charge on any atom is 0.225 e. The molecular formula is C14H26N2O. The summed E-state index contributed by atoms with van der Waals surface area (Å²) >= 11 is 0. The lowest BCUT2D eigenvalue weighted by Gasteiger charge is -2.39. The van der Waals surface area contributed by atoms with Gasteiger partial charge in [0.05, 0.1) is 0 Å². The molecule has 1 amide bonds. The van der Waals surface area contributed by atoms with Crippen LogP contribution in [0.2, 0.25) is 0 Å². The molecule has 2 atom stereocenters. The van der Waals surface area contributed by atoms with Crippen molar-refractivity contribution in [3.8, 4) is 0 Å². The molecule has 98 valence electrons. The molecule has 2 rings (SSSR count). The number of piperidine rings is 1. The Labute approximate surface area is 105 Å². The largest absolute Gasteiger partial charge is 0.340 e. The van der Waals surface area contributed by atoms with Crippen molar-refractivity contribution in [2.24, 2.45) is 17.6 Å². The third-order valence-electron chi connectivity index (χ3n) is 4.54. The molecule has 1 heterocycles. The van der Waals surface area contributed by atoms with Gasteiger partial charge in [-0.05, 0) is 51.4 Å². The molecule has 3 nitrogen and oxygen atoms in total. The number of likely N-dealkylation sites (tertiary alicyclic amines) is 1. The van der Waals surface area contributed by atoms with Crippen LogP contribution in [0.4, 0.5) is 0 Å². The van der Waals surface area contributed by atoms with Gasteiger partial charge in [-0.1, -0.05) is 6.92 Å². The second kappa shape index (κ2) is 5.38. The van der Waals surface area contributed by atoms with Crippen LogP contribution in [-0.4, -0.2) is 29.4 Å². The second-order valence-electron chi connectivity index (χ2n) is 6.12. The van der Waals surface area contributed by atoms with Gasteiger partial charge in [0.1, 0.15) is 0 Å². The zero-order valence-corrected chi connectivity index (χ0v) is 11.2. The maximum atomic E-state index is 12.5. The molecule has 0 aromatic rings. The molecule has 0 radical (unpaired) electrons. The Morgan fingerprint density at radius 1 is 1.12 bits per heavy atom. The quantitative estimate of drug-likeness (QED) is 0.761. The Kier molecular flexibility index (Phi) is 4.08. The Balaban J connectivity index is 1.91. The van der Waals surface area contributed by atoms with Gasteiger partial charge in [0.25, 0.3) is 0 Å². The summed E-state index contributed by atoms with van der Waals surface area (Å²) in [7, 11) is 0. The summed E-state index contributed by atoms with van der Waals surface area (Å²) in [5.74, 6) is 1.43. The third kappa shape index (κ3) is 3.01. The Hall–Kier alpha value is -0.570. The summed E-state index contributed by atoms with van der Waals surface area (Å²) in [4.78, 5) is 14.6. The predicted octanol–water partition coefficient (Wildman–Crippen LogP) is 2.15. The lowest BCUT2D eigenvalue weighted by molar-refractivity contribution is -0.140. The van der Waals surface area contributed by atoms with Crippen LogP contribution in [0.3, 0.4) is 0 Å². The number of hydrogen-bond acceptors (Lipinski definition) is 2. The lowest BCUT2D eigenvalue weighted by Crippen LogP contribution is -2.47. The highest BCUT2D eigenvalue weighted by molar-refractivity contribution is 5.79. The van der Waals surface area contributed by atoms with Crippen LogP contribution in [0, 0.1) is 11.8 Å². The number of rotatable bonds is 1. The summed E-state index contributed by atoms with van der Waals surface area (Å²) in [5.41, 5.74) is 5.90. The van der Waals surface area contributed by atoms with Gasteiger partial charge in [-0.2, -0.15) is 0 Å². The van der Waals surface area contributed by atoms with E-state index in [1.807, 2.05) is 0 Å². The molecule has 2 aliphatic rings. The van der Waals surface area contributed by atoms with E-state index in [-0.39, 0.29) is 5.92 Å². The SMILES string of the molecule is CC1CCN(C(=O)C2CCC(N)CC2)C(C)C1. The minimum atomic E-state index is 0.255. The van der Waals surface area contributed by atoms with Crippen molar-refractivity contribution in [1.82, 2.24) is 4.90 Å². The predicted molar refractivity (Wildman–Crippen MR) is 69.5 cm³/mol. The standard InChI is InChI=1S/C14H26N2O/c1-10-7-8-16(11(2)9-10)14(17)12-3-5-13(15)6-4-12/h10-13H,3-9,15H2,1-2H3. The molecule has 1 saturated carbocycles. The van der Waals surface area contributed by atoms with E-state index in [4.69, 9.17) is 5.73 Å². The van der Waals surface area contributed by atoms with Crippen LogP contribution in [0.15, 0.2) is 0 Å². The molecule has 0 aromatic heterocycles. The first-order valence-corrected chi connectivity index (χ1v) is 7.14. The summed E-state index contributed by atoms with van der Waals surface area (Å²) in [6, 6.07) is 0.764. The molecule has 1 saturated heterocycles. The molecule has 17 heavy (non-hydrogen) atoms. The van der Waals surface area contributed by atoms with Gasteiger partial charge in [0.15, 0.2) is 0 Å². The molecule has 0 bridgehead atoms. The fourth-order valence-electron chi connectivity index (χ4n) is 3.34. The van der Waals surface area contributed by atoms with Gasteiger partial charge < -0.3 is 10.6 Å². The zero-order chi connectivity index (χ0) is 12.4. The number of carbonyl (C=O) groups is 1. The van der Waals surface area contributed by atoms with Crippen molar-refractivity contribution < 1.29 is 4.79 Å². The molecule has 0 aromatic carbocycles. The highest BCUT2D eigenvalue weighted by atomic mass is 16.2. The number of amides is 1. The minimum Gasteiger partial charge on any atom is -0.340 e. The van der Waals surface area contributed by atoms with Crippen LogP contribution in [-0.2, 0) is 4.79 Å². The monoisotopic (exact) mass is 238 g/mol. The molecule has 1 aliphatic heterocycles. The van der Waals surface area contributed by atoms with Crippen molar-refractivity contribution in [1.29, 1.82) is 0 Å². The molecule has 0 spiro atoms. The summed E-state index contributed by atoms with van der Waals surface area (Å²) < 4.78 is 0. The molecule has 2 unspecified atom stereocenters. The van der Waals surface area contributed by atoms with Crippen LogP contribution >= 0.6 is 0 Å². The molecular weight excluding hydrogens is 212 g/mol. The van der Waals surface area contributed by atoms with Gasteiger partial charge in [-0.15, -0.1) is 0 Å². The maximum absolute atomic E-state index is 12.5. The first-order chi connectivity index (χ1) is 8.08. The van der Waals surface area contributed by atoms with E-state index in [0.717, 1.165) is 44.6 Å². The van der Waals surface area contributed by atoms with E-state index < -0.39 is 0 Å². The first-order valence-electron chi connectivity index (χ1n) is 7.14. The normalized spacial score (nSPS) is 39.1. The van der Waals surface area contributed by atoms with Crippen molar-refractivity contribution in [3.63, 3.8) is 0 Å². The second-order valence-corrected chi connectivity index (χ2v) is 6.12. The lowest BCUT2D eigenvalue weighted by atomic mass is 9.84. The summed E-state index contributed by atoms with van der Waals surface area (Å²) in [5, 5.41) is 0. The zero-order valence-electron chi connectivity index (χ0n) is 11.2. The summed E-state index contributed by atoms with van der Waals surface area (Å²) in [6.45, 7) is 5.45. The van der Waals surface area contributed by atoms with Crippen LogP contribution in [0.1, 0.15) is 52.4 Å². The van der Waals surface area contributed by atoms with Gasteiger partial charge in [-0.3, -0.25) is 4.79 Å². The third-order valence-corrected chi connectivity index (χ3v) is 4.54. The van der Waals surface area contributed by atoms with Gasteiger partial charge >= 0.3 is 0 Å². The molecule has 2 N–H and O–H groups in total. The van der Waals surface area contributed by atoms with Gasteiger partial charge in [0.2, 0.25) is 5.91 Å². The Bertz CT molecular complexity index is 271. The van der Waals surface area contributed by atoms with E-state index in [9.17, 15) is 4.79 Å². The topological polar surface area (TPSA) is 46.3 Å². The smallest absolute Gasteiger partial charge is 0.225 e. The number of hydrogen-bond donors (Lipinski definition) is 1. The van der Waals surface area contributed by atoms with Crippen molar-refractivity contribution in [2.75, 3.05) is 6.54 Å². The average molecular weight is 238 g/mol. The van der Waals surface area contributed by atoms with Crippen molar-refractivity contribution in [3.05, 3.63) is 0 Å². The molecule has 3 heteroatoms. The molecule has 1 aliphatic carbocycles. The van der Waals surface area contributed by atoms with E-state index >= 15 is 0 Å². The summed E-state index contributed by atoms with van der Waals surface area (Å²) in [6.07, 6.45) is 6.38. The highest BCUT2D eigenvalue weighted by Crippen LogP contribution is 2.29. The Morgan fingerprint density at radius 2 is 1.76 bits per heavy atom. The first kappa shape index (κ1) is 12.9. The fourth-order valence-corrected chi connectivity index (χ4v) is 3.34. The van der Waals surface area contributed by atoms with E-state index in [0.29, 0.717) is 18.0 Å².